The topological polar surface area (TPSA) is 28.2 Å². The van der Waals surface area contributed by atoms with Crippen LogP contribution in [0.15, 0.2) is 18.3 Å². The van der Waals surface area contributed by atoms with E-state index in [4.69, 9.17) is 0 Å². The lowest BCUT2D eigenvalue weighted by Crippen LogP contribution is -2.20. The Balaban J connectivity index is 1.54. The van der Waals surface area contributed by atoms with Crippen LogP contribution in [0, 0.1) is 5.92 Å². The molecule has 2 aliphatic rings. The van der Waals surface area contributed by atoms with E-state index in [0.29, 0.717) is 6.04 Å². The van der Waals surface area contributed by atoms with E-state index in [2.05, 4.69) is 34.3 Å². The summed E-state index contributed by atoms with van der Waals surface area (Å²) in [6.07, 6.45) is 12.8. The highest BCUT2D eigenvalue weighted by Gasteiger charge is 2.18. The first kappa shape index (κ1) is 14.7. The Kier molecular flexibility index (Phi) is 5.00. The maximum Gasteiger partial charge on any atom is 0.128 e. The average Bonchev–Trinajstić information content (AvgIpc) is 2.96. The molecule has 0 bridgehead atoms. The van der Waals surface area contributed by atoms with Crippen LogP contribution < -0.4 is 10.2 Å². The van der Waals surface area contributed by atoms with Crippen LogP contribution >= 0.6 is 0 Å². The van der Waals surface area contributed by atoms with Crippen LogP contribution in [-0.4, -0.2) is 24.1 Å². The number of aromatic nitrogens is 1. The summed E-state index contributed by atoms with van der Waals surface area (Å²) in [5.41, 5.74) is 1.19. The van der Waals surface area contributed by atoms with E-state index in [1.165, 1.54) is 70.1 Å². The van der Waals surface area contributed by atoms with Crippen LogP contribution in [0.2, 0.25) is 0 Å². The second-order valence-electron chi connectivity index (χ2n) is 6.72. The molecule has 1 saturated carbocycles. The minimum absolute atomic E-state index is 0.640. The molecule has 1 aliphatic heterocycles. The summed E-state index contributed by atoms with van der Waals surface area (Å²) in [5, 5.41) is 3.70. The van der Waals surface area contributed by atoms with Gasteiger partial charge in [0.25, 0.3) is 0 Å². The molecule has 0 aromatic carbocycles. The van der Waals surface area contributed by atoms with E-state index in [1.807, 2.05) is 6.20 Å². The van der Waals surface area contributed by atoms with Crippen LogP contribution in [0.25, 0.3) is 0 Å². The number of anilines is 2. The normalized spacial score (nSPS) is 26.6. The van der Waals surface area contributed by atoms with E-state index in [0.717, 1.165) is 11.7 Å². The van der Waals surface area contributed by atoms with Gasteiger partial charge in [-0.2, -0.15) is 0 Å². The maximum atomic E-state index is 4.64. The number of hydrogen-bond acceptors (Lipinski definition) is 3. The zero-order chi connectivity index (χ0) is 14.5. The molecule has 1 aromatic heterocycles. The molecule has 3 rings (SSSR count). The lowest BCUT2D eigenvalue weighted by Gasteiger charge is -2.20. The number of rotatable bonds is 4. The van der Waals surface area contributed by atoms with Gasteiger partial charge < -0.3 is 10.2 Å². The predicted octanol–water partition coefficient (Wildman–Crippen LogP) is 4.45. The fourth-order valence-electron chi connectivity index (χ4n) is 3.77. The molecule has 0 amide bonds. The molecule has 2 heterocycles. The fraction of sp³-hybridized carbons (Fsp3) is 0.722. The van der Waals surface area contributed by atoms with Crippen molar-refractivity contribution in [1.82, 2.24) is 4.98 Å². The smallest absolute Gasteiger partial charge is 0.128 e. The summed E-state index contributed by atoms with van der Waals surface area (Å²) < 4.78 is 0. The lowest BCUT2D eigenvalue weighted by molar-refractivity contribution is 0.444. The van der Waals surface area contributed by atoms with Gasteiger partial charge in [0.1, 0.15) is 5.82 Å². The van der Waals surface area contributed by atoms with Gasteiger partial charge in [0.2, 0.25) is 0 Å². The van der Waals surface area contributed by atoms with Crippen molar-refractivity contribution in [2.24, 2.45) is 5.92 Å². The van der Waals surface area contributed by atoms with Crippen LogP contribution in [0.1, 0.15) is 58.3 Å². The first-order valence-electron chi connectivity index (χ1n) is 8.82. The van der Waals surface area contributed by atoms with Gasteiger partial charge >= 0.3 is 0 Å². The number of nitrogens with one attached hydrogen (secondary N) is 1. The fourth-order valence-corrected chi connectivity index (χ4v) is 3.77. The van der Waals surface area contributed by atoms with Gasteiger partial charge in [-0.15, -0.1) is 0 Å². The minimum Gasteiger partial charge on any atom is -0.381 e. The van der Waals surface area contributed by atoms with Crippen molar-refractivity contribution in [2.45, 2.75) is 64.3 Å². The number of pyridine rings is 1. The largest absolute Gasteiger partial charge is 0.381 e. The third kappa shape index (κ3) is 3.90. The second-order valence-corrected chi connectivity index (χ2v) is 6.72. The second kappa shape index (κ2) is 7.15. The molecule has 0 radical (unpaired) electrons. The van der Waals surface area contributed by atoms with Crippen LogP contribution in [0.3, 0.4) is 0 Å². The van der Waals surface area contributed by atoms with Gasteiger partial charge in [0.05, 0.1) is 11.9 Å². The number of hydrogen-bond donors (Lipinski definition) is 1. The van der Waals surface area contributed by atoms with Crippen molar-refractivity contribution in [2.75, 3.05) is 23.3 Å². The summed E-state index contributed by atoms with van der Waals surface area (Å²) in [6, 6.07) is 5.03. The summed E-state index contributed by atoms with van der Waals surface area (Å²) in [6.45, 7) is 4.67. The molecule has 0 spiro atoms. The number of nitrogens with zero attached hydrogens (tertiary/aromatic N) is 2. The molecule has 1 saturated heterocycles. The summed E-state index contributed by atoms with van der Waals surface area (Å²) in [4.78, 5) is 7.03. The van der Waals surface area contributed by atoms with Gasteiger partial charge in [0, 0.05) is 19.1 Å². The van der Waals surface area contributed by atoms with Crippen molar-refractivity contribution in [1.29, 1.82) is 0 Å². The predicted molar refractivity (Wildman–Crippen MR) is 90.0 cm³/mol. The van der Waals surface area contributed by atoms with Gasteiger partial charge in [-0.1, -0.05) is 26.2 Å². The van der Waals surface area contributed by atoms with E-state index in [1.54, 1.807) is 0 Å². The van der Waals surface area contributed by atoms with Gasteiger partial charge in [0.15, 0.2) is 0 Å². The Hall–Kier alpha value is -1.25. The third-order valence-electron chi connectivity index (χ3n) is 5.21. The third-order valence-corrected chi connectivity index (χ3v) is 5.21. The first-order valence-corrected chi connectivity index (χ1v) is 8.82. The van der Waals surface area contributed by atoms with E-state index >= 15 is 0 Å². The van der Waals surface area contributed by atoms with Gasteiger partial charge in [-0.05, 0) is 50.2 Å². The monoisotopic (exact) mass is 287 g/mol. The molecule has 1 aromatic rings. The average molecular weight is 287 g/mol. The van der Waals surface area contributed by atoms with Crippen LogP contribution in [0.5, 0.6) is 0 Å². The molecule has 116 valence electrons. The molecule has 1 aliphatic carbocycles. The van der Waals surface area contributed by atoms with Crippen LogP contribution in [0.4, 0.5) is 11.5 Å². The van der Waals surface area contributed by atoms with E-state index < -0.39 is 0 Å². The lowest BCUT2D eigenvalue weighted by atomic mass is 9.98. The highest BCUT2D eigenvalue weighted by Crippen LogP contribution is 2.27. The molecule has 21 heavy (non-hydrogen) atoms. The molecular weight excluding hydrogens is 258 g/mol. The summed E-state index contributed by atoms with van der Waals surface area (Å²) in [7, 11) is 0. The molecular formula is C18H29N3. The zero-order valence-electron chi connectivity index (χ0n) is 13.4. The van der Waals surface area contributed by atoms with Crippen molar-refractivity contribution in [3.05, 3.63) is 18.3 Å². The Morgan fingerprint density at radius 2 is 1.95 bits per heavy atom. The summed E-state index contributed by atoms with van der Waals surface area (Å²) >= 11 is 0. The Bertz CT molecular complexity index is 423. The molecule has 2 unspecified atom stereocenters. The minimum atomic E-state index is 0.640. The zero-order valence-corrected chi connectivity index (χ0v) is 13.4. The van der Waals surface area contributed by atoms with Gasteiger partial charge in [-0.3, -0.25) is 0 Å². The molecule has 2 atom stereocenters. The van der Waals surface area contributed by atoms with E-state index in [9.17, 15) is 0 Å². The SMILES string of the molecule is CCC1CCCC(Nc2ccc(N3CCCC3)nc2)CC1. The van der Waals surface area contributed by atoms with Gasteiger partial charge in [-0.25, -0.2) is 4.98 Å². The Morgan fingerprint density at radius 3 is 2.67 bits per heavy atom. The first-order chi connectivity index (χ1) is 10.3. The Morgan fingerprint density at radius 1 is 1.10 bits per heavy atom. The molecule has 2 fully saturated rings. The van der Waals surface area contributed by atoms with Crippen molar-refractivity contribution < 1.29 is 0 Å². The van der Waals surface area contributed by atoms with Crippen molar-refractivity contribution >= 4 is 11.5 Å². The highest BCUT2D eigenvalue weighted by molar-refractivity contribution is 5.49. The van der Waals surface area contributed by atoms with E-state index in [-0.39, 0.29) is 0 Å². The van der Waals surface area contributed by atoms with Crippen LogP contribution in [-0.2, 0) is 0 Å². The standard InChI is InChI=1S/C18H29N3/c1-2-15-6-5-7-16(9-8-15)20-17-10-11-18(19-14-17)21-12-3-4-13-21/h10-11,14-16,20H,2-9,12-13H2,1H3. The molecule has 3 heteroatoms. The quantitative estimate of drug-likeness (QED) is 0.829. The Labute approximate surface area is 129 Å². The van der Waals surface area contributed by atoms with Crippen molar-refractivity contribution in [3.63, 3.8) is 0 Å². The highest BCUT2D eigenvalue weighted by atomic mass is 15.2. The summed E-state index contributed by atoms with van der Waals surface area (Å²) in [5.74, 6) is 2.09. The maximum absolute atomic E-state index is 4.64. The van der Waals surface area contributed by atoms with Crippen molar-refractivity contribution in [3.8, 4) is 0 Å². The molecule has 3 nitrogen and oxygen atoms in total. The molecule has 1 N–H and O–H groups in total.